The van der Waals surface area contributed by atoms with E-state index in [0.717, 1.165) is 29.2 Å². The van der Waals surface area contributed by atoms with E-state index in [0.29, 0.717) is 0 Å². The molecule has 2 aromatic rings. The topological polar surface area (TPSA) is 95.6 Å². The van der Waals surface area contributed by atoms with Crippen molar-refractivity contribution in [3.63, 3.8) is 0 Å². The molecule has 0 bridgehead atoms. The highest BCUT2D eigenvalue weighted by atomic mass is 35.5. The van der Waals surface area contributed by atoms with Gasteiger partial charge in [-0.1, -0.05) is 35.9 Å². The Hall–Kier alpha value is -3.33. The van der Waals surface area contributed by atoms with Crippen molar-refractivity contribution in [1.29, 1.82) is 0 Å². The minimum atomic E-state index is -4.12. The largest absolute Gasteiger partial charge is 0.349 e. The summed E-state index contributed by atoms with van der Waals surface area (Å²) in [5.41, 5.74) is -0.453. The normalized spacial score (nSPS) is 23.5. The predicted octanol–water partition coefficient (Wildman–Crippen LogP) is 2.51. The average Bonchev–Trinajstić information content (AvgIpc) is 3.19. The van der Waals surface area contributed by atoms with Crippen molar-refractivity contribution in [2.75, 3.05) is 0 Å². The smallest absolute Gasteiger partial charge is 0.346 e. The highest BCUT2D eigenvalue weighted by Gasteiger charge is 2.41. The summed E-state index contributed by atoms with van der Waals surface area (Å²) in [6, 6.07) is 6.45. The minimum absolute atomic E-state index is 0.0637. The van der Waals surface area contributed by atoms with Gasteiger partial charge in [-0.3, -0.25) is 24.5 Å². The molecule has 32 heavy (non-hydrogen) atoms. The van der Waals surface area contributed by atoms with Crippen LogP contribution in [0.5, 0.6) is 0 Å². The lowest BCUT2D eigenvalue weighted by Crippen LogP contribution is -2.52. The molecule has 4 rings (SSSR count). The maximum absolute atomic E-state index is 14.7. The van der Waals surface area contributed by atoms with Crippen molar-refractivity contribution < 1.29 is 34.9 Å². The molecule has 2 aliphatic rings. The van der Waals surface area contributed by atoms with E-state index in [1.807, 2.05) is 0 Å². The zero-order valence-electron chi connectivity index (χ0n) is 21.2. The molecule has 0 aliphatic carbocycles. The molecule has 2 heterocycles. The molecule has 2 N–H and O–H groups in total. The number of rotatable bonds is 5. The molecule has 0 saturated carbocycles. The van der Waals surface area contributed by atoms with E-state index < -0.39 is 60.5 Å². The van der Waals surface area contributed by atoms with Gasteiger partial charge in [0, 0.05) is 38.3 Å². The number of nitrogens with zero attached hydrogens (tertiary/aromatic N) is 1. The van der Waals surface area contributed by atoms with Gasteiger partial charge in [0.2, 0.25) is 11.8 Å². The standard InChI is InChI=1S/C22H18ClF2N3O4/c23-15-4-2-14(3-5-15)22(24,25)21(32)26-10-12-1-6-16-13(9-12)11-28(20(16)31)17-7-8-18(29)27-19(17)30/h1-6,9,17H,7-8,10-11H2,(H,26,32)(H,27,29,30)/i8D2,10D/hD2. The number of hydrogen-bond donors (Lipinski definition) is 2. The van der Waals surface area contributed by atoms with Crippen LogP contribution in [0.25, 0.3) is 0 Å². The van der Waals surface area contributed by atoms with E-state index in [1.165, 1.54) is 18.2 Å². The van der Waals surface area contributed by atoms with Gasteiger partial charge in [-0.25, -0.2) is 0 Å². The third kappa shape index (κ3) is 4.08. The Bertz CT molecular complexity index is 1310. The number of halogens is 3. The summed E-state index contributed by atoms with van der Waals surface area (Å²) in [6.45, 7) is -2.15. The SMILES string of the molecule is [2H]C(c1ccc2c(c1)CN(C1CC([2H])([2H])C(=O)N([2H])C1=O)C2=O)N([2H])C(=O)C(F)(F)c1ccc(Cl)cc1. The van der Waals surface area contributed by atoms with Crippen LogP contribution in [0.3, 0.4) is 0 Å². The molecule has 0 radical (unpaired) electrons. The molecule has 2 aromatic carbocycles. The maximum Gasteiger partial charge on any atom is 0.349 e. The van der Waals surface area contributed by atoms with Crippen LogP contribution >= 0.6 is 11.6 Å². The number of benzene rings is 2. The second-order valence-corrected chi connectivity index (χ2v) is 7.58. The summed E-state index contributed by atoms with van der Waals surface area (Å²) < 4.78 is 68.6. The maximum atomic E-state index is 14.7. The van der Waals surface area contributed by atoms with Crippen molar-refractivity contribution in [3.05, 3.63) is 69.7 Å². The van der Waals surface area contributed by atoms with E-state index in [2.05, 4.69) is 0 Å². The first-order valence-corrected chi connectivity index (χ1v) is 9.74. The van der Waals surface area contributed by atoms with Crippen LogP contribution in [-0.4, -0.2) is 34.6 Å². The Morgan fingerprint density at radius 3 is 2.75 bits per heavy atom. The van der Waals surface area contributed by atoms with E-state index in [9.17, 15) is 28.0 Å². The molecular weight excluding hydrogens is 444 g/mol. The molecule has 166 valence electrons. The molecular formula is C22H18ClF2N3O4. The van der Waals surface area contributed by atoms with Crippen molar-refractivity contribution in [1.82, 2.24) is 15.5 Å². The molecule has 2 unspecified atom stereocenters. The molecule has 2 aliphatic heterocycles. The van der Waals surface area contributed by atoms with Crippen LogP contribution in [0.15, 0.2) is 42.5 Å². The Balaban J connectivity index is 1.55. The molecule has 10 heteroatoms. The lowest BCUT2D eigenvalue weighted by atomic mass is 10.0. The number of carbonyl (C=O) groups excluding carboxylic acids is 4. The number of imide groups is 1. The molecule has 4 amide bonds. The Morgan fingerprint density at radius 1 is 1.31 bits per heavy atom. The predicted molar refractivity (Wildman–Crippen MR) is 110 cm³/mol. The van der Waals surface area contributed by atoms with Gasteiger partial charge in [-0.2, -0.15) is 8.78 Å². The van der Waals surface area contributed by atoms with E-state index >= 15 is 0 Å². The van der Waals surface area contributed by atoms with Crippen molar-refractivity contribution in [3.8, 4) is 0 Å². The van der Waals surface area contributed by atoms with Crippen LogP contribution in [-0.2, 0) is 33.4 Å². The molecule has 1 saturated heterocycles. The Morgan fingerprint density at radius 2 is 2.03 bits per heavy atom. The van der Waals surface area contributed by atoms with Gasteiger partial charge < -0.3 is 10.2 Å². The first-order valence-electron chi connectivity index (χ1n) is 11.8. The molecule has 7 nitrogen and oxygen atoms in total. The molecule has 1 fully saturated rings. The average molecular weight is 467 g/mol. The van der Waals surface area contributed by atoms with Gasteiger partial charge in [-0.05, 0) is 35.7 Å². The van der Waals surface area contributed by atoms with Crippen molar-refractivity contribution >= 4 is 35.2 Å². The summed E-state index contributed by atoms with van der Waals surface area (Å²) >= 11 is 5.69. The highest BCUT2D eigenvalue weighted by molar-refractivity contribution is 6.30. The number of hydrogen-bond acceptors (Lipinski definition) is 4. The zero-order valence-corrected chi connectivity index (χ0v) is 17.0. The summed E-state index contributed by atoms with van der Waals surface area (Å²) in [6.07, 6.45) is -3.20. The Kier molecular flexibility index (Phi) is 4.24. The van der Waals surface area contributed by atoms with Crippen LogP contribution < -0.4 is 10.6 Å². The monoisotopic (exact) mass is 466 g/mol. The summed E-state index contributed by atoms with van der Waals surface area (Å²) in [7, 11) is 0. The third-order valence-corrected chi connectivity index (χ3v) is 5.34. The van der Waals surface area contributed by atoms with Crippen molar-refractivity contribution in [2.45, 2.75) is 37.8 Å². The van der Waals surface area contributed by atoms with Crippen molar-refractivity contribution in [2.24, 2.45) is 0 Å². The van der Waals surface area contributed by atoms with E-state index in [1.54, 1.807) is 0 Å². The fraction of sp³-hybridized carbons (Fsp3) is 0.273. The van der Waals surface area contributed by atoms with E-state index in [-0.39, 0.29) is 38.9 Å². The number of fused-ring (bicyclic) bond motifs is 1. The Labute approximate surface area is 193 Å². The minimum Gasteiger partial charge on any atom is -0.346 e. The number of amides is 4. The van der Waals surface area contributed by atoms with Gasteiger partial charge in [-0.15, -0.1) is 0 Å². The van der Waals surface area contributed by atoms with Gasteiger partial charge >= 0.3 is 5.92 Å². The third-order valence-electron chi connectivity index (χ3n) is 5.09. The van der Waals surface area contributed by atoms with Crippen LogP contribution in [0.4, 0.5) is 8.78 Å². The highest BCUT2D eigenvalue weighted by Crippen LogP contribution is 2.30. The first-order chi connectivity index (χ1) is 17.2. The molecule has 0 aromatic heterocycles. The van der Waals surface area contributed by atoms with Gasteiger partial charge in [0.15, 0.2) is 2.82 Å². The molecule has 2 atom stereocenters. The fourth-order valence-electron chi connectivity index (χ4n) is 3.42. The number of nitrogens with one attached hydrogen (secondary N) is 2. The van der Waals surface area contributed by atoms with Gasteiger partial charge in [0.05, 0.1) is 1.37 Å². The second kappa shape index (κ2) is 8.31. The number of piperidine rings is 1. The lowest BCUT2D eigenvalue weighted by molar-refractivity contribution is -0.147. The quantitative estimate of drug-likeness (QED) is 0.662. The van der Waals surface area contributed by atoms with Gasteiger partial charge in [0.1, 0.15) is 6.04 Å². The van der Waals surface area contributed by atoms with Crippen LogP contribution in [0, 0.1) is 0 Å². The number of carbonyl (C=O) groups is 4. The van der Waals surface area contributed by atoms with Crippen LogP contribution in [0.1, 0.15) is 44.0 Å². The number of alkyl halides is 2. The lowest BCUT2D eigenvalue weighted by Gasteiger charge is -2.29. The first kappa shape index (κ1) is 16.3. The summed E-state index contributed by atoms with van der Waals surface area (Å²) in [4.78, 5) is 50.6. The van der Waals surface area contributed by atoms with Crippen LogP contribution in [0.2, 0.25) is 7.85 Å². The zero-order chi connectivity index (χ0) is 27.4. The summed E-state index contributed by atoms with van der Waals surface area (Å²) in [5.74, 6) is -9.17. The van der Waals surface area contributed by atoms with Gasteiger partial charge in [0.25, 0.3) is 11.8 Å². The second-order valence-electron chi connectivity index (χ2n) is 7.15. The van der Waals surface area contributed by atoms with E-state index in [4.69, 9.17) is 18.5 Å². The summed E-state index contributed by atoms with van der Waals surface area (Å²) in [5, 5.41) is -0.128. The fourth-order valence-corrected chi connectivity index (χ4v) is 3.55. The molecule has 0 spiro atoms.